The summed E-state index contributed by atoms with van der Waals surface area (Å²) < 4.78 is 0. The van der Waals surface area contributed by atoms with Crippen molar-refractivity contribution in [3.8, 4) is 0 Å². The third-order valence-electron chi connectivity index (χ3n) is 3.24. The Bertz CT molecular complexity index is 714. The van der Waals surface area contributed by atoms with Gasteiger partial charge in [0.1, 0.15) is 0 Å². The molecule has 0 aliphatic carbocycles. The first-order chi connectivity index (χ1) is 10.6. The fourth-order valence-corrected chi connectivity index (χ4v) is 3.82. The normalized spacial score (nSPS) is 13.9. The number of nitrogens with zero attached hydrogens (tertiary/aromatic N) is 2. The summed E-state index contributed by atoms with van der Waals surface area (Å²) in [7, 11) is 0. The zero-order valence-electron chi connectivity index (χ0n) is 12.0. The largest absolute Gasteiger partial charge is 0.310 e. The standard InChI is InChI=1S/C15H15N3O2S2/c1-10-8-16-15(22-10)17-13(19)6-7-18-11-4-2-3-5-12(11)21-9-14(18)20/h2-5,8H,6-7,9H2,1H3,(H,16,17,19). The van der Waals surface area contributed by atoms with Gasteiger partial charge in [-0.25, -0.2) is 4.98 Å². The van der Waals surface area contributed by atoms with E-state index >= 15 is 0 Å². The number of thioether (sulfide) groups is 1. The van der Waals surface area contributed by atoms with Crippen molar-refractivity contribution in [3.63, 3.8) is 0 Å². The first kappa shape index (κ1) is 15.1. The van der Waals surface area contributed by atoms with E-state index in [-0.39, 0.29) is 18.2 Å². The number of hydrogen-bond acceptors (Lipinski definition) is 5. The monoisotopic (exact) mass is 333 g/mol. The average Bonchev–Trinajstić information content (AvgIpc) is 2.91. The van der Waals surface area contributed by atoms with Gasteiger partial charge >= 0.3 is 0 Å². The number of aryl methyl sites for hydroxylation is 1. The van der Waals surface area contributed by atoms with Crippen LogP contribution in [-0.4, -0.2) is 29.1 Å². The molecule has 1 aliphatic rings. The molecule has 3 rings (SSSR count). The number of para-hydroxylation sites is 1. The fourth-order valence-electron chi connectivity index (χ4n) is 2.21. The number of aromatic nitrogens is 1. The number of carbonyl (C=O) groups excluding carboxylic acids is 2. The summed E-state index contributed by atoms with van der Waals surface area (Å²) in [6, 6.07) is 7.78. The zero-order chi connectivity index (χ0) is 15.5. The lowest BCUT2D eigenvalue weighted by molar-refractivity contribution is -0.117. The van der Waals surface area contributed by atoms with Crippen molar-refractivity contribution in [2.75, 3.05) is 22.5 Å². The highest BCUT2D eigenvalue weighted by molar-refractivity contribution is 8.00. The van der Waals surface area contributed by atoms with Gasteiger partial charge in [0.25, 0.3) is 0 Å². The minimum Gasteiger partial charge on any atom is -0.310 e. The number of benzene rings is 1. The number of fused-ring (bicyclic) bond motifs is 1. The summed E-state index contributed by atoms with van der Waals surface area (Å²) in [6.07, 6.45) is 1.98. The Morgan fingerprint density at radius 3 is 3.00 bits per heavy atom. The van der Waals surface area contributed by atoms with Gasteiger partial charge in [-0.2, -0.15) is 0 Å². The molecule has 0 spiro atoms. The van der Waals surface area contributed by atoms with Crippen LogP contribution in [-0.2, 0) is 9.59 Å². The lowest BCUT2D eigenvalue weighted by Gasteiger charge is -2.28. The molecule has 0 fully saturated rings. The molecule has 1 aromatic heterocycles. The number of carbonyl (C=O) groups is 2. The maximum atomic E-state index is 12.1. The SMILES string of the molecule is Cc1cnc(NC(=O)CCN2C(=O)CSc3ccccc32)s1. The van der Waals surface area contributed by atoms with Gasteiger partial charge in [0.2, 0.25) is 11.8 Å². The second kappa shape index (κ2) is 6.50. The quantitative estimate of drug-likeness (QED) is 0.934. The van der Waals surface area contributed by atoms with Crippen LogP contribution in [0.3, 0.4) is 0 Å². The second-order valence-corrected chi connectivity index (χ2v) is 7.13. The number of nitrogens with one attached hydrogen (secondary N) is 1. The van der Waals surface area contributed by atoms with Crippen LogP contribution >= 0.6 is 23.1 Å². The van der Waals surface area contributed by atoms with Gasteiger partial charge in [0, 0.05) is 28.9 Å². The van der Waals surface area contributed by atoms with Gasteiger partial charge in [0.05, 0.1) is 11.4 Å². The molecular weight excluding hydrogens is 318 g/mol. The predicted octanol–water partition coefficient (Wildman–Crippen LogP) is 2.92. The summed E-state index contributed by atoms with van der Waals surface area (Å²) in [5.41, 5.74) is 0.890. The molecule has 5 nitrogen and oxygen atoms in total. The Hall–Kier alpha value is -1.86. The highest BCUT2D eigenvalue weighted by Crippen LogP contribution is 2.34. The summed E-state index contributed by atoms with van der Waals surface area (Å²) in [4.78, 5) is 32.0. The molecule has 0 atom stereocenters. The van der Waals surface area contributed by atoms with E-state index in [2.05, 4.69) is 10.3 Å². The highest BCUT2D eigenvalue weighted by Gasteiger charge is 2.24. The van der Waals surface area contributed by atoms with Crippen molar-refractivity contribution < 1.29 is 9.59 Å². The summed E-state index contributed by atoms with van der Waals surface area (Å²) in [6.45, 7) is 2.32. The number of amides is 2. The van der Waals surface area contributed by atoms with E-state index in [9.17, 15) is 9.59 Å². The van der Waals surface area contributed by atoms with E-state index in [4.69, 9.17) is 0 Å². The number of hydrogen-bond donors (Lipinski definition) is 1. The molecule has 0 bridgehead atoms. The molecule has 1 aliphatic heterocycles. The maximum Gasteiger partial charge on any atom is 0.237 e. The van der Waals surface area contributed by atoms with Crippen molar-refractivity contribution >= 4 is 45.7 Å². The van der Waals surface area contributed by atoms with Gasteiger partial charge in [-0.15, -0.1) is 23.1 Å². The van der Waals surface area contributed by atoms with Crippen LogP contribution in [0.5, 0.6) is 0 Å². The molecule has 0 radical (unpaired) electrons. The topological polar surface area (TPSA) is 62.3 Å². The number of anilines is 2. The minimum atomic E-state index is -0.127. The summed E-state index contributed by atoms with van der Waals surface area (Å²) in [5.74, 6) is 0.337. The first-order valence-electron chi connectivity index (χ1n) is 6.88. The van der Waals surface area contributed by atoms with E-state index < -0.39 is 0 Å². The Labute approximate surface area is 136 Å². The Morgan fingerprint density at radius 2 is 2.23 bits per heavy atom. The van der Waals surface area contributed by atoms with Crippen molar-refractivity contribution in [3.05, 3.63) is 35.3 Å². The smallest absolute Gasteiger partial charge is 0.237 e. The molecular formula is C15H15N3O2S2. The maximum absolute atomic E-state index is 12.1. The second-order valence-electron chi connectivity index (χ2n) is 4.88. The van der Waals surface area contributed by atoms with Crippen LogP contribution in [0, 0.1) is 6.92 Å². The minimum absolute atomic E-state index is 0.0431. The molecule has 22 heavy (non-hydrogen) atoms. The highest BCUT2D eigenvalue weighted by atomic mass is 32.2. The Kier molecular flexibility index (Phi) is 4.44. The molecule has 0 unspecified atom stereocenters. The van der Waals surface area contributed by atoms with Gasteiger partial charge < -0.3 is 10.2 Å². The van der Waals surface area contributed by atoms with Gasteiger partial charge in [-0.05, 0) is 19.1 Å². The summed E-state index contributed by atoms with van der Waals surface area (Å²) >= 11 is 2.98. The Morgan fingerprint density at radius 1 is 1.41 bits per heavy atom. The van der Waals surface area contributed by atoms with Gasteiger partial charge in [0.15, 0.2) is 5.13 Å². The Balaban J connectivity index is 1.63. The molecule has 1 N–H and O–H groups in total. The van der Waals surface area contributed by atoms with Crippen molar-refractivity contribution in [2.45, 2.75) is 18.2 Å². The van der Waals surface area contributed by atoms with Crippen molar-refractivity contribution in [2.24, 2.45) is 0 Å². The third kappa shape index (κ3) is 3.31. The molecule has 0 saturated carbocycles. The van der Waals surface area contributed by atoms with Crippen LogP contribution in [0.25, 0.3) is 0 Å². The van der Waals surface area contributed by atoms with Crippen LogP contribution in [0.15, 0.2) is 35.4 Å². The van der Waals surface area contributed by atoms with Gasteiger partial charge in [-0.1, -0.05) is 12.1 Å². The average molecular weight is 333 g/mol. The molecule has 7 heteroatoms. The van der Waals surface area contributed by atoms with E-state index in [1.54, 1.807) is 22.9 Å². The molecule has 2 heterocycles. The third-order valence-corrected chi connectivity index (χ3v) is 5.11. The number of rotatable bonds is 4. The molecule has 0 saturated heterocycles. The molecule has 2 aromatic rings. The molecule has 2 amide bonds. The fraction of sp³-hybridized carbons (Fsp3) is 0.267. The predicted molar refractivity (Wildman–Crippen MR) is 89.6 cm³/mol. The van der Waals surface area contributed by atoms with E-state index in [1.165, 1.54) is 11.3 Å². The lowest BCUT2D eigenvalue weighted by Crippen LogP contribution is -2.37. The van der Waals surface area contributed by atoms with E-state index in [0.717, 1.165) is 15.5 Å². The van der Waals surface area contributed by atoms with Crippen molar-refractivity contribution in [1.82, 2.24) is 4.98 Å². The number of thiazole rings is 1. The molecule has 114 valence electrons. The first-order valence-corrected chi connectivity index (χ1v) is 8.68. The van der Waals surface area contributed by atoms with E-state index in [1.807, 2.05) is 31.2 Å². The van der Waals surface area contributed by atoms with Crippen molar-refractivity contribution in [1.29, 1.82) is 0 Å². The summed E-state index contributed by atoms with van der Waals surface area (Å²) in [5, 5.41) is 3.37. The zero-order valence-corrected chi connectivity index (χ0v) is 13.7. The lowest BCUT2D eigenvalue weighted by atomic mass is 10.2. The van der Waals surface area contributed by atoms with Crippen LogP contribution in [0.2, 0.25) is 0 Å². The van der Waals surface area contributed by atoms with Crippen LogP contribution in [0.4, 0.5) is 10.8 Å². The van der Waals surface area contributed by atoms with E-state index in [0.29, 0.717) is 17.4 Å². The van der Waals surface area contributed by atoms with Crippen LogP contribution < -0.4 is 10.2 Å². The van der Waals surface area contributed by atoms with Gasteiger partial charge in [-0.3, -0.25) is 9.59 Å². The van der Waals surface area contributed by atoms with Crippen LogP contribution in [0.1, 0.15) is 11.3 Å². The molecule has 1 aromatic carbocycles.